The van der Waals surface area contributed by atoms with Crippen molar-refractivity contribution >= 4 is 70.4 Å². The van der Waals surface area contributed by atoms with Crippen molar-refractivity contribution in [1.29, 1.82) is 0 Å². The highest BCUT2D eigenvalue weighted by Gasteiger charge is 2.43. The second kappa shape index (κ2) is 29.2. The van der Waals surface area contributed by atoms with Gasteiger partial charge in [-0.25, -0.2) is 9.59 Å². The summed E-state index contributed by atoms with van der Waals surface area (Å²) >= 11 is 0. The van der Waals surface area contributed by atoms with Gasteiger partial charge in [-0.3, -0.25) is 38.6 Å². The van der Waals surface area contributed by atoms with Gasteiger partial charge >= 0.3 is 12.2 Å². The average molecular weight is 1230 g/mol. The molecule has 6 atom stereocenters. The number of fused-ring (bicyclic) bond motifs is 4. The molecule has 8 rings (SSSR count). The van der Waals surface area contributed by atoms with E-state index in [1.54, 1.807) is 96.4 Å². The van der Waals surface area contributed by atoms with E-state index in [1.165, 1.54) is 24.0 Å². The Morgan fingerprint density at radius 3 is 1.26 bits per heavy atom. The fourth-order valence-electron chi connectivity index (χ4n) is 10.7. The molecule has 4 unspecified atom stereocenters. The Balaban J connectivity index is 0.877. The number of rotatable bonds is 24. The molecule has 4 heterocycles. The van der Waals surface area contributed by atoms with E-state index in [0.29, 0.717) is 102 Å². The number of hydrogen-bond acceptors (Lipinski definition) is 16. The predicted octanol–water partition coefficient (Wildman–Crippen LogP) is 7.04. The molecule has 24 nitrogen and oxygen atoms in total. The Labute approximate surface area is 518 Å². The van der Waals surface area contributed by atoms with E-state index < -0.39 is 60.0 Å². The first-order valence-electron chi connectivity index (χ1n) is 29.9. The third kappa shape index (κ3) is 15.9. The minimum atomic E-state index is -0.841. The van der Waals surface area contributed by atoms with Gasteiger partial charge in [0.15, 0.2) is 23.0 Å². The zero-order valence-corrected chi connectivity index (χ0v) is 51.8. The Bertz CT molecular complexity index is 3120. The van der Waals surface area contributed by atoms with Gasteiger partial charge in [-0.05, 0) is 105 Å². The number of anilines is 4. The maximum atomic E-state index is 14.2. The molecule has 8 N–H and O–H groups in total. The first-order chi connectivity index (χ1) is 42.4. The van der Waals surface area contributed by atoms with Crippen LogP contribution in [0.1, 0.15) is 105 Å². The number of nitrogens with one attached hydrogen (secondary N) is 4. The Hall–Kier alpha value is -9.16. The molecule has 4 aromatic rings. The molecule has 4 aliphatic rings. The maximum Gasteiger partial charge on any atom is 0.414 e. The molecule has 24 heteroatoms. The van der Waals surface area contributed by atoms with E-state index in [-0.39, 0.29) is 86.4 Å². The van der Waals surface area contributed by atoms with Gasteiger partial charge in [0.1, 0.15) is 25.3 Å². The molecule has 0 spiro atoms. The second-order valence-corrected chi connectivity index (χ2v) is 23.6. The van der Waals surface area contributed by atoms with Crippen molar-refractivity contribution in [1.82, 2.24) is 20.4 Å². The second-order valence-electron chi connectivity index (χ2n) is 23.6. The normalized spacial score (nSPS) is 17.4. The van der Waals surface area contributed by atoms with Crippen molar-refractivity contribution in [3.8, 4) is 23.0 Å². The first kappa shape index (κ1) is 65.8. The van der Waals surface area contributed by atoms with Gasteiger partial charge < -0.3 is 71.0 Å². The molecule has 4 aliphatic heterocycles. The van der Waals surface area contributed by atoms with Crippen LogP contribution in [0.3, 0.4) is 0 Å². The fourth-order valence-corrected chi connectivity index (χ4v) is 10.7. The molecule has 0 aromatic heterocycles. The lowest BCUT2D eigenvalue weighted by Gasteiger charge is -2.26. The summed E-state index contributed by atoms with van der Waals surface area (Å²) < 4.78 is 35.8. The van der Waals surface area contributed by atoms with Crippen LogP contribution in [0.5, 0.6) is 23.0 Å². The average Bonchev–Trinajstić information content (AvgIpc) is 1.89. The smallest absolute Gasteiger partial charge is 0.414 e. The van der Waals surface area contributed by atoms with Gasteiger partial charge in [-0.2, -0.15) is 0 Å². The number of amides is 8. The lowest BCUT2D eigenvalue weighted by molar-refractivity contribution is -0.127. The molecular weight excluding hydrogens is 1140 g/mol. The number of nitrogens with two attached hydrogens (primary N) is 2. The van der Waals surface area contributed by atoms with Crippen LogP contribution in [0, 0.1) is 11.8 Å². The summed E-state index contributed by atoms with van der Waals surface area (Å²) in [6, 6.07) is 15.9. The number of carbonyl (C=O) groups is 8. The first-order valence-corrected chi connectivity index (χ1v) is 29.9. The molecule has 0 aliphatic carbocycles. The number of nitrogens with zero attached hydrogens (tertiary/aromatic N) is 4. The zero-order chi connectivity index (χ0) is 64.4. The van der Waals surface area contributed by atoms with E-state index >= 15 is 0 Å². The Morgan fingerprint density at radius 2 is 0.910 bits per heavy atom. The summed E-state index contributed by atoms with van der Waals surface area (Å²) in [5.41, 5.74) is 16.8. The highest BCUT2D eigenvalue weighted by Crippen LogP contribution is 2.42. The summed E-state index contributed by atoms with van der Waals surface area (Å²) in [4.78, 5) is 114. The van der Waals surface area contributed by atoms with E-state index in [9.17, 15) is 38.4 Å². The SMILES string of the molecule is C=C1C[C@H]2CN(C(=O)OCc3ccc(NC(=O)C(C)NC(=O)C(N)C(C)C)cc3)c3cc(OCCCCCOc4cc5c(cc4OC)C(=O)N4CC(=C)C[C@H]4CN5C(=O)OCc4ccc(NC(=O)C(C)NC(=O)C(N)C(C)C)cc4)c(OC)cc3C(=O)N2C1. The zero-order valence-electron chi connectivity index (χ0n) is 51.8. The van der Waals surface area contributed by atoms with Gasteiger partial charge in [-0.15, -0.1) is 0 Å². The minimum absolute atomic E-state index is 0.102. The quantitative estimate of drug-likeness (QED) is 0.0303. The van der Waals surface area contributed by atoms with Gasteiger partial charge in [0.05, 0.1) is 87.2 Å². The topological polar surface area (TPSA) is 305 Å². The standard InChI is InChI=1S/C65H82N10O14/c1-36(2)56(66)60(78)68-40(7)58(76)70-44-18-14-42(15-19-44)34-88-64(82)74-32-46-24-38(5)30-72(46)62(80)48-26-52(84-9)54(28-50(48)74)86-22-12-11-13-23-87-55-29-51-49(27-53(55)85-10)63(81)73-31-39(6)25-47(73)33-75(51)65(83)89-35-43-16-20-45(21-17-43)71-59(77)41(8)69-61(79)57(67)37(3)4/h14-21,26-29,36-37,40-41,46-47,56-57H,5-6,11-13,22-25,30-35,66-67H2,1-4,7-10H3,(H,68,78)(H,69,79)(H,70,76)(H,71,77)/t40?,41?,46-,47-,56?,57?/m0/s1. The number of ether oxygens (including phenoxy) is 6. The molecule has 476 valence electrons. The van der Waals surface area contributed by atoms with Gasteiger partial charge in [0.2, 0.25) is 23.6 Å². The molecule has 2 saturated heterocycles. The van der Waals surface area contributed by atoms with Crippen LogP contribution in [-0.4, -0.2) is 147 Å². The van der Waals surface area contributed by atoms with E-state index in [1.807, 2.05) is 27.7 Å². The summed E-state index contributed by atoms with van der Waals surface area (Å²) in [6.45, 7) is 19.8. The lowest BCUT2D eigenvalue weighted by Crippen LogP contribution is -2.50. The van der Waals surface area contributed by atoms with Crippen molar-refractivity contribution in [2.75, 3.05) is 74.0 Å². The molecule has 2 fully saturated rings. The van der Waals surface area contributed by atoms with Crippen LogP contribution in [-0.2, 0) is 41.9 Å². The summed E-state index contributed by atoms with van der Waals surface area (Å²) in [5, 5.41) is 10.8. The van der Waals surface area contributed by atoms with E-state index in [2.05, 4.69) is 34.4 Å². The molecule has 4 aromatic carbocycles. The van der Waals surface area contributed by atoms with Gasteiger partial charge in [-0.1, -0.05) is 76.3 Å². The minimum Gasteiger partial charge on any atom is -0.493 e. The van der Waals surface area contributed by atoms with Crippen LogP contribution in [0.4, 0.5) is 32.3 Å². The van der Waals surface area contributed by atoms with Gasteiger partial charge in [0, 0.05) is 36.6 Å². The predicted molar refractivity (Wildman–Crippen MR) is 334 cm³/mol. The highest BCUT2D eigenvalue weighted by atomic mass is 16.6. The lowest BCUT2D eigenvalue weighted by atomic mass is 10.0. The number of carbonyl (C=O) groups excluding carboxylic acids is 8. The number of benzene rings is 4. The van der Waals surface area contributed by atoms with Crippen molar-refractivity contribution in [2.24, 2.45) is 23.3 Å². The van der Waals surface area contributed by atoms with E-state index in [0.717, 1.165) is 11.1 Å². The molecule has 0 saturated carbocycles. The van der Waals surface area contributed by atoms with Crippen LogP contribution in [0.2, 0.25) is 0 Å². The third-order valence-electron chi connectivity index (χ3n) is 16.1. The maximum absolute atomic E-state index is 14.2. The molecule has 0 bridgehead atoms. The molecule has 8 amide bonds. The van der Waals surface area contributed by atoms with Crippen LogP contribution in [0.15, 0.2) is 97.1 Å². The Kier molecular flexibility index (Phi) is 21.6. The molecule has 89 heavy (non-hydrogen) atoms. The van der Waals surface area contributed by atoms with Crippen LogP contribution in [0.25, 0.3) is 0 Å². The van der Waals surface area contributed by atoms with Crippen molar-refractivity contribution in [2.45, 2.75) is 123 Å². The number of hydrogen-bond donors (Lipinski definition) is 6. The summed E-state index contributed by atoms with van der Waals surface area (Å²) in [6.07, 6.45) is 1.40. The number of methoxy groups -OCH3 is 2. The van der Waals surface area contributed by atoms with Crippen molar-refractivity contribution in [3.63, 3.8) is 0 Å². The van der Waals surface area contributed by atoms with E-state index in [4.69, 9.17) is 39.9 Å². The Morgan fingerprint density at radius 1 is 0.539 bits per heavy atom. The van der Waals surface area contributed by atoms with Crippen molar-refractivity contribution < 1.29 is 66.8 Å². The fraction of sp³-hybridized carbons (Fsp3) is 0.446. The summed E-state index contributed by atoms with van der Waals surface area (Å²) in [5.74, 6) is -1.28. The van der Waals surface area contributed by atoms with Crippen LogP contribution >= 0.6 is 0 Å². The third-order valence-corrected chi connectivity index (χ3v) is 16.1. The van der Waals surface area contributed by atoms with Crippen LogP contribution < -0.4 is 61.5 Å². The molecule has 0 radical (unpaired) electrons. The summed E-state index contributed by atoms with van der Waals surface area (Å²) in [7, 11) is 2.94. The molecular formula is C65H82N10O14. The van der Waals surface area contributed by atoms with Crippen molar-refractivity contribution in [3.05, 3.63) is 119 Å². The monoisotopic (exact) mass is 1230 g/mol. The largest absolute Gasteiger partial charge is 0.493 e. The highest BCUT2D eigenvalue weighted by molar-refractivity contribution is 6.07. The number of unbranched alkanes of at least 4 members (excludes halogenated alkanes) is 2. The van der Waals surface area contributed by atoms with Gasteiger partial charge in [0.25, 0.3) is 11.8 Å².